The number of nitrogens with one attached hydrogen (secondary N) is 1. The highest BCUT2D eigenvalue weighted by Crippen LogP contribution is 2.00. The fraction of sp³-hybridized carbons (Fsp3) is 0. The van der Waals surface area contributed by atoms with E-state index >= 15 is 0 Å². The maximum atomic E-state index is 10.6. The van der Waals surface area contributed by atoms with E-state index in [9.17, 15) is 4.79 Å². The molecular weight excluding hydrogens is 156 g/mol. The number of carbonyl (C=O) groups excluding carboxylic acids is 1. The van der Waals surface area contributed by atoms with Gasteiger partial charge in [-0.25, -0.2) is 0 Å². The minimum Gasteiger partial charge on any atom is -0.365 e. The maximum absolute atomic E-state index is 10.6. The van der Waals surface area contributed by atoms with Gasteiger partial charge in [0, 0.05) is 12.4 Å². The molecule has 1 heterocycles. The first kappa shape index (κ1) is 8.01. The van der Waals surface area contributed by atoms with E-state index in [0.29, 0.717) is 5.70 Å². The lowest BCUT2D eigenvalue weighted by molar-refractivity contribution is -0.114. The van der Waals surface area contributed by atoms with Crippen LogP contribution in [0.2, 0.25) is 0 Å². The third-order valence-electron chi connectivity index (χ3n) is 1.23. The Labute approximate surface area is 68.9 Å². The molecule has 0 unspecified atom stereocenters. The van der Waals surface area contributed by atoms with Crippen LogP contribution in [0.4, 0.5) is 0 Å². The minimum absolute atomic E-state index is 0.122. The number of carbonyl (C=O) groups is 1. The van der Waals surface area contributed by atoms with Crippen LogP contribution in [0.5, 0.6) is 0 Å². The van der Waals surface area contributed by atoms with E-state index in [1.54, 1.807) is 6.07 Å². The monoisotopic (exact) mass is 162 g/mol. The lowest BCUT2D eigenvalue weighted by atomic mass is 10.2. The van der Waals surface area contributed by atoms with Gasteiger partial charge in [0.15, 0.2) is 0 Å². The van der Waals surface area contributed by atoms with Gasteiger partial charge in [0.1, 0.15) is 11.6 Å². The molecule has 0 fully saturated rings. The smallest absolute Gasteiger partial charge is 0.261 e. The summed E-state index contributed by atoms with van der Waals surface area (Å²) in [5, 5.41) is 11.2. The van der Waals surface area contributed by atoms with Gasteiger partial charge in [-0.15, -0.1) is 0 Å². The maximum Gasteiger partial charge on any atom is 0.261 e. The number of hydrogen-bond acceptors (Lipinski definition) is 4. The van der Waals surface area contributed by atoms with E-state index in [0.717, 1.165) is 0 Å². The molecule has 12 heavy (non-hydrogen) atoms. The van der Waals surface area contributed by atoms with Gasteiger partial charge in [-0.05, 0) is 0 Å². The van der Waals surface area contributed by atoms with Gasteiger partial charge in [0.05, 0.1) is 11.9 Å². The van der Waals surface area contributed by atoms with Gasteiger partial charge in [-0.3, -0.25) is 9.79 Å². The Morgan fingerprint density at radius 2 is 2.50 bits per heavy atom. The number of nitriles is 1. The summed E-state index contributed by atoms with van der Waals surface area (Å²) in [5.74, 6) is -0.762. The van der Waals surface area contributed by atoms with Gasteiger partial charge >= 0.3 is 0 Å². The van der Waals surface area contributed by atoms with Crippen molar-refractivity contribution in [3.63, 3.8) is 0 Å². The fourth-order valence-corrected chi connectivity index (χ4v) is 0.710. The van der Waals surface area contributed by atoms with Crippen LogP contribution >= 0.6 is 0 Å². The second-order valence-electron chi connectivity index (χ2n) is 2.00. The van der Waals surface area contributed by atoms with Gasteiger partial charge in [0.2, 0.25) is 0 Å². The van der Waals surface area contributed by atoms with Crippen molar-refractivity contribution >= 4 is 12.1 Å². The van der Waals surface area contributed by atoms with Crippen molar-refractivity contribution in [3.05, 3.63) is 23.7 Å². The molecule has 0 atom stereocenters. The van der Waals surface area contributed by atoms with E-state index in [2.05, 4.69) is 10.3 Å². The number of aliphatic imine (C=N–C) groups is 1. The molecule has 0 aromatic heterocycles. The van der Waals surface area contributed by atoms with Crippen molar-refractivity contribution in [3.8, 4) is 6.07 Å². The lowest BCUT2D eigenvalue weighted by Gasteiger charge is -2.04. The van der Waals surface area contributed by atoms with E-state index in [-0.39, 0.29) is 5.57 Å². The number of nitrogens with zero attached hydrogens (tertiary/aromatic N) is 2. The zero-order valence-electron chi connectivity index (χ0n) is 6.11. The molecule has 0 bridgehead atoms. The molecule has 1 aliphatic heterocycles. The Kier molecular flexibility index (Phi) is 2.23. The summed E-state index contributed by atoms with van der Waals surface area (Å²) in [7, 11) is 0. The van der Waals surface area contributed by atoms with Crippen LogP contribution in [0.15, 0.2) is 28.7 Å². The predicted octanol–water partition coefficient (Wildman–Crippen LogP) is -0.605. The van der Waals surface area contributed by atoms with Crippen LogP contribution in [0.3, 0.4) is 0 Å². The summed E-state index contributed by atoms with van der Waals surface area (Å²) < 4.78 is 0. The Morgan fingerprint density at radius 1 is 1.75 bits per heavy atom. The van der Waals surface area contributed by atoms with Crippen LogP contribution in [-0.2, 0) is 4.79 Å². The van der Waals surface area contributed by atoms with Crippen molar-refractivity contribution in [1.82, 2.24) is 5.32 Å². The second kappa shape index (κ2) is 3.34. The Hall–Kier alpha value is -2.09. The fourth-order valence-electron chi connectivity index (χ4n) is 0.710. The standard InChI is InChI=1S/C7H6N4O/c8-3-5(7(9)12)6-4-10-1-2-11-6/h1-2,4,11H,(H2,9,12)/b6-5+. The van der Waals surface area contributed by atoms with E-state index in [1.165, 1.54) is 18.6 Å². The molecule has 0 aliphatic carbocycles. The molecule has 1 amide bonds. The van der Waals surface area contributed by atoms with E-state index in [4.69, 9.17) is 11.0 Å². The highest BCUT2D eigenvalue weighted by Gasteiger charge is 2.10. The number of nitrogens with two attached hydrogens (primary N) is 1. The molecule has 0 saturated heterocycles. The summed E-state index contributed by atoms with van der Waals surface area (Å²) in [6.45, 7) is 0. The summed E-state index contributed by atoms with van der Waals surface area (Å²) in [6, 6.07) is 1.69. The average molecular weight is 162 g/mol. The molecule has 5 nitrogen and oxygen atoms in total. The van der Waals surface area contributed by atoms with E-state index in [1.807, 2.05) is 0 Å². The summed E-state index contributed by atoms with van der Waals surface area (Å²) in [6.07, 6.45) is 4.37. The highest BCUT2D eigenvalue weighted by atomic mass is 16.1. The van der Waals surface area contributed by atoms with Crippen molar-refractivity contribution in [2.24, 2.45) is 10.7 Å². The second-order valence-corrected chi connectivity index (χ2v) is 2.00. The number of allylic oxidation sites excluding steroid dienone is 1. The SMILES string of the molecule is N#C/C(C(N)=O)=C1/C=NC=CN1. The van der Waals surface area contributed by atoms with E-state index < -0.39 is 5.91 Å². The summed E-state index contributed by atoms with van der Waals surface area (Å²) in [5.41, 5.74) is 5.14. The first-order valence-corrected chi connectivity index (χ1v) is 3.14. The van der Waals surface area contributed by atoms with Gasteiger partial charge in [-0.2, -0.15) is 5.26 Å². The minimum atomic E-state index is -0.762. The summed E-state index contributed by atoms with van der Waals surface area (Å²) >= 11 is 0. The average Bonchev–Trinajstić information content (AvgIpc) is 2.07. The largest absolute Gasteiger partial charge is 0.365 e. The summed E-state index contributed by atoms with van der Waals surface area (Å²) in [4.78, 5) is 14.4. The molecule has 5 heteroatoms. The molecule has 0 radical (unpaired) electrons. The van der Waals surface area contributed by atoms with Crippen LogP contribution in [-0.4, -0.2) is 12.1 Å². The molecule has 0 aromatic carbocycles. The Bertz CT molecular complexity index is 332. The zero-order chi connectivity index (χ0) is 8.97. The third kappa shape index (κ3) is 1.49. The molecule has 1 rings (SSSR count). The zero-order valence-corrected chi connectivity index (χ0v) is 6.11. The number of hydrogen-bond donors (Lipinski definition) is 2. The van der Waals surface area contributed by atoms with Crippen LogP contribution in [0, 0.1) is 11.3 Å². The van der Waals surface area contributed by atoms with Crippen LogP contribution in [0.25, 0.3) is 0 Å². The molecule has 0 aromatic rings. The topological polar surface area (TPSA) is 91.3 Å². The van der Waals surface area contributed by atoms with Crippen molar-refractivity contribution < 1.29 is 4.79 Å². The van der Waals surface area contributed by atoms with Crippen LogP contribution < -0.4 is 11.1 Å². The molecule has 0 spiro atoms. The number of amides is 1. The molecule has 0 saturated carbocycles. The predicted molar refractivity (Wildman–Crippen MR) is 42.6 cm³/mol. The van der Waals surface area contributed by atoms with Crippen LogP contribution in [0.1, 0.15) is 0 Å². The normalized spacial score (nSPS) is 17.9. The quantitative estimate of drug-likeness (QED) is 0.398. The Balaban J connectivity index is 3.04. The van der Waals surface area contributed by atoms with Gasteiger partial charge in [0.25, 0.3) is 5.91 Å². The molecule has 1 aliphatic rings. The highest BCUT2D eigenvalue weighted by molar-refractivity contribution is 6.02. The third-order valence-corrected chi connectivity index (χ3v) is 1.23. The van der Waals surface area contributed by atoms with Crippen molar-refractivity contribution in [2.75, 3.05) is 0 Å². The Morgan fingerprint density at radius 3 is 2.92 bits per heavy atom. The number of primary amides is 1. The first-order chi connectivity index (χ1) is 5.75. The van der Waals surface area contributed by atoms with Gasteiger partial charge in [-0.1, -0.05) is 0 Å². The van der Waals surface area contributed by atoms with Crippen molar-refractivity contribution in [1.29, 1.82) is 5.26 Å². The molecular formula is C7H6N4O. The molecule has 60 valence electrons. The van der Waals surface area contributed by atoms with Gasteiger partial charge < -0.3 is 11.1 Å². The molecule has 3 N–H and O–H groups in total. The number of rotatable bonds is 1. The van der Waals surface area contributed by atoms with Crippen molar-refractivity contribution in [2.45, 2.75) is 0 Å². The lowest BCUT2D eigenvalue weighted by Crippen LogP contribution is -2.21. The first-order valence-electron chi connectivity index (χ1n) is 3.14.